The van der Waals surface area contributed by atoms with Crippen LogP contribution in [0.15, 0.2) is 85.3 Å². The van der Waals surface area contributed by atoms with Gasteiger partial charge in [0.15, 0.2) is 5.78 Å². The third-order valence-corrected chi connectivity index (χ3v) is 8.99. The van der Waals surface area contributed by atoms with E-state index in [0.29, 0.717) is 31.6 Å². The highest BCUT2D eigenvalue weighted by atomic mass is 35.5. The molecule has 244 valence electrons. The van der Waals surface area contributed by atoms with Crippen LogP contribution in [0.5, 0.6) is 0 Å². The second-order valence-electron chi connectivity index (χ2n) is 11.4. The highest BCUT2D eigenvalue weighted by Gasteiger charge is 2.42. The smallest absolute Gasteiger partial charge is 0.328 e. The molecule has 0 spiro atoms. The molecule has 0 aliphatic carbocycles. The maximum absolute atomic E-state index is 14.0. The van der Waals surface area contributed by atoms with Crippen molar-refractivity contribution in [2.45, 2.75) is 49.8 Å². The lowest BCUT2D eigenvalue weighted by molar-refractivity contribution is -0.147. The molecule has 1 amide bonds. The van der Waals surface area contributed by atoms with Gasteiger partial charge in [-0.25, -0.2) is 9.78 Å². The van der Waals surface area contributed by atoms with E-state index in [1.807, 2.05) is 59.4 Å². The number of thioether (sulfide) groups is 1. The summed E-state index contributed by atoms with van der Waals surface area (Å²) in [5.74, 6) is -0.246. The fourth-order valence-electron chi connectivity index (χ4n) is 5.78. The van der Waals surface area contributed by atoms with Gasteiger partial charge < -0.3 is 24.7 Å². The van der Waals surface area contributed by atoms with Crippen LogP contribution in [0.3, 0.4) is 0 Å². The third kappa shape index (κ3) is 8.55. The van der Waals surface area contributed by atoms with E-state index in [2.05, 4.69) is 39.9 Å². The number of hydrogen-bond acceptors (Lipinski definition) is 8. The first kappa shape index (κ1) is 35.2. The van der Waals surface area contributed by atoms with E-state index in [1.54, 1.807) is 24.3 Å². The Labute approximate surface area is 280 Å². The minimum atomic E-state index is -0.950. The predicted octanol–water partition coefficient (Wildman–Crippen LogP) is 4.72. The number of hydrogen-bond donors (Lipinski definition) is 2. The second kappa shape index (κ2) is 16.7. The molecule has 1 aromatic heterocycles. The Morgan fingerprint density at radius 3 is 2.54 bits per heavy atom. The molecule has 1 fully saturated rings. The molecular weight excluding hydrogens is 624 g/mol. The number of ketones is 1. The van der Waals surface area contributed by atoms with Gasteiger partial charge in [-0.3, -0.25) is 9.59 Å². The monoisotopic (exact) mass is 664 g/mol. The van der Waals surface area contributed by atoms with Gasteiger partial charge in [-0.2, -0.15) is 11.8 Å². The van der Waals surface area contributed by atoms with Gasteiger partial charge in [0.1, 0.15) is 17.7 Å². The topological polar surface area (TPSA) is 112 Å². The maximum atomic E-state index is 14.0. The van der Waals surface area contributed by atoms with E-state index >= 15 is 0 Å². The number of carbonyl (C=O) groups is 3. The van der Waals surface area contributed by atoms with Gasteiger partial charge in [0.2, 0.25) is 5.91 Å². The molecule has 1 aliphatic heterocycles. The molecule has 2 heterocycles. The van der Waals surface area contributed by atoms with Gasteiger partial charge in [0.05, 0.1) is 26.5 Å². The maximum Gasteiger partial charge on any atom is 0.328 e. The number of nitrogens with zero attached hydrogens (tertiary/aromatic N) is 2. The highest BCUT2D eigenvalue weighted by Crippen LogP contribution is 2.26. The lowest BCUT2D eigenvalue weighted by atomic mass is 9.90. The summed E-state index contributed by atoms with van der Waals surface area (Å²) in [7, 11) is 1.31. The van der Waals surface area contributed by atoms with Gasteiger partial charge in [0.25, 0.3) is 0 Å². The van der Waals surface area contributed by atoms with E-state index in [1.165, 1.54) is 7.11 Å². The van der Waals surface area contributed by atoms with Crippen LogP contribution in [0.4, 0.5) is 0 Å². The van der Waals surface area contributed by atoms with E-state index < -0.39 is 29.6 Å². The molecule has 4 aromatic rings. The number of ether oxygens (including phenoxy) is 2. The van der Waals surface area contributed by atoms with Crippen molar-refractivity contribution in [3.8, 4) is 5.69 Å². The lowest BCUT2D eigenvalue weighted by Gasteiger charge is -2.30. The second-order valence-corrected chi connectivity index (χ2v) is 12.3. The van der Waals surface area contributed by atoms with Gasteiger partial charge in [-0.1, -0.05) is 60.7 Å². The standard InChI is InChI=1S/C35H40N4O5S.ClH/c1-43-34(42)30(15-18-45-2)38-33(41)31(19-25-9-4-3-5-10-25)44-23-35(16-8-17-37-35)32(40)21-29-22-36-24-39(29)28-14-13-26-11-6-7-12-27(26)20-28;/h3-7,9-14,20,22,24,30-31,37H,8,15-19,21,23H2,1-2H3,(H,38,41);1H/t30-,31?,35+;/m1./s1. The predicted molar refractivity (Wildman–Crippen MR) is 184 cm³/mol. The highest BCUT2D eigenvalue weighted by molar-refractivity contribution is 7.98. The van der Waals surface area contributed by atoms with Crippen molar-refractivity contribution in [2.75, 3.05) is 32.3 Å². The Morgan fingerprint density at radius 1 is 1.07 bits per heavy atom. The molecule has 0 bridgehead atoms. The molecule has 0 radical (unpaired) electrons. The zero-order valence-electron chi connectivity index (χ0n) is 26.1. The number of rotatable bonds is 15. The fraction of sp³-hybridized carbons (Fsp3) is 0.371. The Kier molecular flexibility index (Phi) is 12.8. The quantitative estimate of drug-likeness (QED) is 0.176. The van der Waals surface area contributed by atoms with Crippen LogP contribution in [0, 0.1) is 0 Å². The summed E-state index contributed by atoms with van der Waals surface area (Å²) in [6, 6.07) is 23.1. The van der Waals surface area contributed by atoms with Gasteiger partial charge in [0, 0.05) is 24.0 Å². The molecular formula is C35H41ClN4O5S. The number of Topliss-reactive ketones (excluding diaryl/α,β-unsaturated/α-hetero) is 1. The summed E-state index contributed by atoms with van der Waals surface area (Å²) < 4.78 is 13.2. The van der Waals surface area contributed by atoms with Crippen molar-refractivity contribution in [3.05, 3.63) is 96.6 Å². The summed E-state index contributed by atoms with van der Waals surface area (Å²) in [5, 5.41) is 8.50. The Balaban J connectivity index is 0.00000480. The average Bonchev–Trinajstić information content (AvgIpc) is 3.75. The number of esters is 1. The molecule has 11 heteroatoms. The van der Waals surface area contributed by atoms with Gasteiger partial charge >= 0.3 is 5.97 Å². The first-order valence-corrected chi connectivity index (χ1v) is 16.6. The summed E-state index contributed by atoms with van der Waals surface area (Å²) in [4.78, 5) is 44.5. The van der Waals surface area contributed by atoms with Crippen LogP contribution in [-0.4, -0.2) is 77.2 Å². The number of nitrogens with one attached hydrogen (secondary N) is 2. The minimum Gasteiger partial charge on any atom is -0.467 e. The molecule has 0 saturated carbocycles. The SMILES string of the molecule is COC(=O)[C@@H](CCSC)NC(=O)C(Cc1ccccc1)OC[C@]1(C(=O)Cc2cncn2-c2ccc3ccccc3c2)CCCN1.Cl. The number of imidazole rings is 1. The molecule has 3 aromatic carbocycles. The summed E-state index contributed by atoms with van der Waals surface area (Å²) in [6.45, 7) is 0.697. The van der Waals surface area contributed by atoms with Crippen LogP contribution < -0.4 is 10.6 Å². The van der Waals surface area contributed by atoms with Crippen molar-refractivity contribution in [2.24, 2.45) is 0 Å². The number of carbonyl (C=O) groups excluding carboxylic acids is 3. The molecule has 1 saturated heterocycles. The van der Waals surface area contributed by atoms with E-state index in [4.69, 9.17) is 9.47 Å². The number of benzene rings is 3. The molecule has 2 N–H and O–H groups in total. The number of fused-ring (bicyclic) bond motifs is 1. The van der Waals surface area contributed by atoms with Crippen molar-refractivity contribution in [3.63, 3.8) is 0 Å². The van der Waals surface area contributed by atoms with Gasteiger partial charge in [-0.05, 0) is 66.3 Å². The summed E-state index contributed by atoms with van der Waals surface area (Å²) in [5.41, 5.74) is 1.67. The third-order valence-electron chi connectivity index (χ3n) is 8.35. The number of halogens is 1. The van der Waals surface area contributed by atoms with Crippen LogP contribution in [0.1, 0.15) is 30.5 Å². The van der Waals surface area contributed by atoms with Crippen LogP contribution in [-0.2, 0) is 36.7 Å². The molecule has 3 atom stereocenters. The Morgan fingerprint density at radius 2 is 1.83 bits per heavy atom. The molecule has 5 rings (SSSR count). The minimum absolute atomic E-state index is 0. The molecule has 1 aliphatic rings. The average molecular weight is 665 g/mol. The first-order chi connectivity index (χ1) is 21.9. The van der Waals surface area contributed by atoms with Gasteiger partial charge in [-0.15, -0.1) is 12.4 Å². The van der Waals surface area contributed by atoms with Crippen LogP contribution >= 0.6 is 24.2 Å². The Bertz CT molecular complexity index is 1610. The van der Waals surface area contributed by atoms with Crippen LogP contribution in [0.2, 0.25) is 0 Å². The number of methoxy groups -OCH3 is 1. The van der Waals surface area contributed by atoms with Crippen LogP contribution in [0.25, 0.3) is 16.5 Å². The van der Waals surface area contributed by atoms with E-state index in [0.717, 1.165) is 34.1 Å². The van der Waals surface area contributed by atoms with Crippen molar-refractivity contribution in [1.29, 1.82) is 0 Å². The number of aromatic nitrogens is 2. The van der Waals surface area contributed by atoms with Crippen molar-refractivity contribution >= 4 is 52.6 Å². The zero-order chi connectivity index (χ0) is 31.6. The van der Waals surface area contributed by atoms with Crippen molar-refractivity contribution in [1.82, 2.24) is 20.2 Å². The normalized spacial score (nSPS) is 17.2. The lowest BCUT2D eigenvalue weighted by Crippen LogP contribution is -2.54. The Hall–Kier alpha value is -3.70. The molecule has 46 heavy (non-hydrogen) atoms. The largest absolute Gasteiger partial charge is 0.467 e. The zero-order valence-corrected chi connectivity index (χ0v) is 27.8. The number of amides is 1. The fourth-order valence-corrected chi connectivity index (χ4v) is 6.26. The summed E-state index contributed by atoms with van der Waals surface area (Å²) in [6.07, 6.45) is 6.77. The van der Waals surface area contributed by atoms with E-state index in [-0.39, 0.29) is 31.2 Å². The summed E-state index contributed by atoms with van der Waals surface area (Å²) >= 11 is 1.58. The van der Waals surface area contributed by atoms with E-state index in [9.17, 15) is 14.4 Å². The molecule has 1 unspecified atom stereocenters. The van der Waals surface area contributed by atoms with Crippen molar-refractivity contribution < 1.29 is 23.9 Å². The molecule has 9 nitrogen and oxygen atoms in total. The first-order valence-electron chi connectivity index (χ1n) is 15.2.